The molecule has 2 aromatic rings. The topological polar surface area (TPSA) is 47.3 Å². The van der Waals surface area contributed by atoms with Crippen molar-refractivity contribution < 1.29 is 9.15 Å². The van der Waals surface area contributed by atoms with E-state index in [0.717, 1.165) is 29.7 Å². The van der Waals surface area contributed by atoms with Gasteiger partial charge in [0.1, 0.15) is 11.5 Å². The van der Waals surface area contributed by atoms with Gasteiger partial charge in [-0.1, -0.05) is 19.1 Å². The first-order chi connectivity index (χ1) is 10.3. The number of aryl methyl sites for hydroxylation is 1. The van der Waals surface area contributed by atoms with Gasteiger partial charge in [-0.2, -0.15) is 0 Å². The van der Waals surface area contributed by atoms with Crippen LogP contribution in [0.15, 0.2) is 34.9 Å². The van der Waals surface area contributed by atoms with Crippen LogP contribution in [0.2, 0.25) is 0 Å². The predicted octanol–water partition coefficient (Wildman–Crippen LogP) is 3.49. The van der Waals surface area contributed by atoms with Crippen LogP contribution in [-0.2, 0) is 13.0 Å². The minimum Gasteiger partial charge on any atom is -0.497 e. The average Bonchev–Trinajstić information content (AvgIpc) is 3.26. The molecule has 1 aromatic carbocycles. The van der Waals surface area contributed by atoms with E-state index < -0.39 is 0 Å². The molecule has 1 aliphatic rings. The quantitative estimate of drug-likeness (QED) is 0.846. The molecule has 112 valence electrons. The number of ether oxygens (including phenoxy) is 1. The molecular weight excluding hydrogens is 264 g/mol. The van der Waals surface area contributed by atoms with E-state index in [4.69, 9.17) is 9.15 Å². The summed E-state index contributed by atoms with van der Waals surface area (Å²) in [5, 5.41) is 3.59. The second kappa shape index (κ2) is 6.31. The lowest BCUT2D eigenvalue weighted by molar-refractivity contribution is 0.399. The number of hydrogen-bond acceptors (Lipinski definition) is 4. The first-order valence-electron chi connectivity index (χ1n) is 7.61. The second-order valence-electron chi connectivity index (χ2n) is 5.54. The zero-order valence-electron chi connectivity index (χ0n) is 12.6. The number of oxazole rings is 1. The SMILES string of the molecule is CCc1cnc(CNC(c2ccc(OC)cc2)C2CC2)o1. The predicted molar refractivity (Wildman–Crippen MR) is 81.2 cm³/mol. The van der Waals surface area contributed by atoms with Crippen molar-refractivity contribution in [2.75, 3.05) is 7.11 Å². The summed E-state index contributed by atoms with van der Waals surface area (Å²) in [5.41, 5.74) is 1.31. The maximum Gasteiger partial charge on any atom is 0.208 e. The second-order valence-corrected chi connectivity index (χ2v) is 5.54. The van der Waals surface area contributed by atoms with Crippen molar-refractivity contribution in [2.45, 2.75) is 38.8 Å². The molecule has 0 aliphatic heterocycles. The molecule has 0 bridgehead atoms. The van der Waals surface area contributed by atoms with Crippen molar-refractivity contribution in [1.29, 1.82) is 0 Å². The normalized spacial score (nSPS) is 15.9. The Labute approximate surface area is 125 Å². The lowest BCUT2D eigenvalue weighted by Gasteiger charge is -2.18. The molecule has 4 nitrogen and oxygen atoms in total. The van der Waals surface area contributed by atoms with Crippen molar-refractivity contribution in [3.8, 4) is 5.75 Å². The van der Waals surface area contributed by atoms with Crippen LogP contribution in [-0.4, -0.2) is 12.1 Å². The zero-order chi connectivity index (χ0) is 14.7. The van der Waals surface area contributed by atoms with Gasteiger partial charge in [0.25, 0.3) is 0 Å². The Balaban J connectivity index is 1.66. The molecular formula is C17H22N2O2. The standard InChI is InChI=1S/C17H22N2O2/c1-3-14-10-18-16(21-14)11-19-17(12-4-5-12)13-6-8-15(20-2)9-7-13/h6-10,12,17,19H,3-5,11H2,1-2H3. The molecule has 0 saturated heterocycles. The molecule has 0 radical (unpaired) electrons. The number of aromatic nitrogens is 1. The maximum atomic E-state index is 5.66. The maximum absolute atomic E-state index is 5.66. The van der Waals surface area contributed by atoms with E-state index in [2.05, 4.69) is 29.4 Å². The molecule has 1 heterocycles. The van der Waals surface area contributed by atoms with Gasteiger partial charge in [-0.15, -0.1) is 0 Å². The van der Waals surface area contributed by atoms with Gasteiger partial charge in [-0.05, 0) is 36.5 Å². The third-order valence-corrected chi connectivity index (χ3v) is 3.99. The van der Waals surface area contributed by atoms with Crippen LogP contribution in [0.4, 0.5) is 0 Å². The number of nitrogens with one attached hydrogen (secondary N) is 1. The van der Waals surface area contributed by atoms with Crippen molar-refractivity contribution >= 4 is 0 Å². The van der Waals surface area contributed by atoms with Crippen LogP contribution >= 0.6 is 0 Å². The number of hydrogen-bond donors (Lipinski definition) is 1. The summed E-state index contributed by atoms with van der Waals surface area (Å²) in [6, 6.07) is 8.69. The minimum atomic E-state index is 0.368. The summed E-state index contributed by atoms with van der Waals surface area (Å²) in [7, 11) is 1.69. The number of benzene rings is 1. The Morgan fingerprint density at radius 1 is 1.33 bits per heavy atom. The van der Waals surface area contributed by atoms with E-state index in [9.17, 15) is 0 Å². The minimum absolute atomic E-state index is 0.368. The molecule has 1 N–H and O–H groups in total. The average molecular weight is 286 g/mol. The van der Waals surface area contributed by atoms with E-state index in [0.29, 0.717) is 12.6 Å². The molecule has 4 heteroatoms. The molecule has 1 fully saturated rings. The van der Waals surface area contributed by atoms with Gasteiger partial charge < -0.3 is 14.5 Å². The van der Waals surface area contributed by atoms with Gasteiger partial charge in [0, 0.05) is 12.5 Å². The van der Waals surface area contributed by atoms with Gasteiger partial charge >= 0.3 is 0 Å². The molecule has 0 amide bonds. The number of methoxy groups -OCH3 is 1. The van der Waals surface area contributed by atoms with Gasteiger partial charge in [0.05, 0.1) is 19.9 Å². The fourth-order valence-electron chi connectivity index (χ4n) is 2.59. The summed E-state index contributed by atoms with van der Waals surface area (Å²) in [6.07, 6.45) is 5.28. The highest BCUT2D eigenvalue weighted by atomic mass is 16.5. The fourth-order valence-corrected chi connectivity index (χ4v) is 2.59. The number of nitrogens with zero attached hydrogens (tertiary/aromatic N) is 1. The first kappa shape index (κ1) is 14.1. The van der Waals surface area contributed by atoms with Crippen molar-refractivity contribution in [2.24, 2.45) is 5.92 Å². The van der Waals surface area contributed by atoms with Gasteiger partial charge in [0.15, 0.2) is 0 Å². The van der Waals surface area contributed by atoms with Crippen LogP contribution in [0, 0.1) is 5.92 Å². The highest BCUT2D eigenvalue weighted by molar-refractivity contribution is 5.30. The largest absolute Gasteiger partial charge is 0.497 e. The summed E-state index contributed by atoms with van der Waals surface area (Å²) in [5.74, 6) is 3.33. The molecule has 1 aliphatic carbocycles. The third-order valence-electron chi connectivity index (χ3n) is 3.99. The summed E-state index contributed by atoms with van der Waals surface area (Å²) < 4.78 is 10.9. The summed E-state index contributed by atoms with van der Waals surface area (Å²) in [4.78, 5) is 4.31. The molecule has 0 spiro atoms. The van der Waals surface area contributed by atoms with Crippen LogP contribution in [0.25, 0.3) is 0 Å². The molecule has 21 heavy (non-hydrogen) atoms. The van der Waals surface area contributed by atoms with Crippen LogP contribution in [0.3, 0.4) is 0 Å². The van der Waals surface area contributed by atoms with Crippen LogP contribution in [0.1, 0.15) is 43.0 Å². The molecule has 3 rings (SSSR count). The Bertz CT molecular complexity index is 573. The Hall–Kier alpha value is -1.81. The fraction of sp³-hybridized carbons (Fsp3) is 0.471. The highest BCUT2D eigenvalue weighted by Crippen LogP contribution is 2.41. The van der Waals surface area contributed by atoms with Gasteiger partial charge in [0.2, 0.25) is 5.89 Å². The van der Waals surface area contributed by atoms with Crippen molar-refractivity contribution in [3.05, 3.63) is 47.7 Å². The third kappa shape index (κ3) is 3.45. The molecule has 1 saturated carbocycles. The Morgan fingerprint density at radius 3 is 2.67 bits per heavy atom. The highest BCUT2D eigenvalue weighted by Gasteiger charge is 2.32. The van der Waals surface area contributed by atoms with E-state index in [1.807, 2.05) is 18.3 Å². The molecule has 1 atom stereocenters. The lowest BCUT2D eigenvalue weighted by atomic mass is 10.0. The monoisotopic (exact) mass is 286 g/mol. The zero-order valence-corrected chi connectivity index (χ0v) is 12.6. The lowest BCUT2D eigenvalue weighted by Crippen LogP contribution is -2.22. The smallest absolute Gasteiger partial charge is 0.208 e. The Kier molecular flexibility index (Phi) is 4.25. The Morgan fingerprint density at radius 2 is 2.10 bits per heavy atom. The van der Waals surface area contributed by atoms with E-state index in [-0.39, 0.29) is 0 Å². The summed E-state index contributed by atoms with van der Waals surface area (Å²) in [6.45, 7) is 2.75. The van der Waals surface area contributed by atoms with E-state index in [1.54, 1.807) is 7.11 Å². The summed E-state index contributed by atoms with van der Waals surface area (Å²) >= 11 is 0. The van der Waals surface area contributed by atoms with Crippen LogP contribution < -0.4 is 10.1 Å². The van der Waals surface area contributed by atoms with Gasteiger partial charge in [-0.25, -0.2) is 4.98 Å². The molecule has 1 unspecified atom stereocenters. The van der Waals surface area contributed by atoms with Gasteiger partial charge in [-0.3, -0.25) is 0 Å². The van der Waals surface area contributed by atoms with Crippen LogP contribution in [0.5, 0.6) is 5.75 Å². The number of rotatable bonds is 7. The van der Waals surface area contributed by atoms with Crippen molar-refractivity contribution in [3.63, 3.8) is 0 Å². The molecule has 1 aromatic heterocycles. The van der Waals surface area contributed by atoms with E-state index >= 15 is 0 Å². The van der Waals surface area contributed by atoms with Crippen molar-refractivity contribution in [1.82, 2.24) is 10.3 Å². The van der Waals surface area contributed by atoms with E-state index in [1.165, 1.54) is 18.4 Å². The first-order valence-corrected chi connectivity index (χ1v) is 7.61.